The lowest BCUT2D eigenvalue weighted by Gasteiger charge is -2.12. The smallest absolute Gasteiger partial charge is 0.259 e. The van der Waals surface area contributed by atoms with E-state index >= 15 is 0 Å². The highest BCUT2D eigenvalue weighted by Gasteiger charge is 2.23. The van der Waals surface area contributed by atoms with Gasteiger partial charge in [-0.2, -0.15) is 4.98 Å². The Morgan fingerprint density at radius 3 is 3.05 bits per heavy atom. The van der Waals surface area contributed by atoms with Crippen molar-refractivity contribution in [1.29, 1.82) is 0 Å². The molecule has 1 aliphatic heterocycles. The van der Waals surface area contributed by atoms with Crippen LogP contribution in [0.2, 0.25) is 5.02 Å². The highest BCUT2D eigenvalue weighted by Crippen LogP contribution is 2.26. The first-order valence-electron chi connectivity index (χ1n) is 7.17. The molecular weight excluding hydrogens is 290 g/mol. The minimum Gasteiger partial charge on any atom is -0.396 e. The highest BCUT2D eigenvalue weighted by molar-refractivity contribution is 6.33. The minimum absolute atomic E-state index is 0.261. The third-order valence-electron chi connectivity index (χ3n) is 3.84. The molecule has 1 aliphatic rings. The van der Waals surface area contributed by atoms with E-state index < -0.39 is 0 Å². The van der Waals surface area contributed by atoms with Crippen molar-refractivity contribution in [1.82, 2.24) is 15.0 Å². The van der Waals surface area contributed by atoms with Crippen LogP contribution in [-0.2, 0) is 6.54 Å². The summed E-state index contributed by atoms with van der Waals surface area (Å²) in [6.07, 6.45) is 1.99. The largest absolute Gasteiger partial charge is 0.396 e. The topological polar surface area (TPSA) is 62.4 Å². The van der Waals surface area contributed by atoms with Crippen molar-refractivity contribution in [2.75, 3.05) is 19.7 Å². The van der Waals surface area contributed by atoms with Gasteiger partial charge in [0.05, 0.1) is 17.1 Å². The van der Waals surface area contributed by atoms with Crippen molar-refractivity contribution < 1.29 is 9.63 Å². The van der Waals surface area contributed by atoms with Crippen molar-refractivity contribution in [2.24, 2.45) is 5.92 Å². The molecule has 0 aliphatic carbocycles. The summed E-state index contributed by atoms with van der Waals surface area (Å²) < 4.78 is 5.30. The molecule has 1 unspecified atom stereocenters. The van der Waals surface area contributed by atoms with Crippen LogP contribution >= 0.6 is 11.6 Å². The number of hydrogen-bond donors (Lipinski definition) is 1. The van der Waals surface area contributed by atoms with E-state index in [2.05, 4.69) is 15.0 Å². The van der Waals surface area contributed by atoms with Crippen LogP contribution in [0.3, 0.4) is 0 Å². The van der Waals surface area contributed by atoms with Crippen molar-refractivity contribution >= 4 is 11.6 Å². The van der Waals surface area contributed by atoms with Crippen LogP contribution in [0.4, 0.5) is 0 Å². The Labute approximate surface area is 128 Å². The summed E-state index contributed by atoms with van der Waals surface area (Å²) in [7, 11) is 0. The van der Waals surface area contributed by atoms with E-state index in [1.165, 1.54) is 0 Å². The molecule has 1 fully saturated rings. The van der Waals surface area contributed by atoms with Crippen LogP contribution in [0.5, 0.6) is 0 Å². The second-order valence-corrected chi connectivity index (χ2v) is 5.80. The van der Waals surface area contributed by atoms with Crippen LogP contribution in [0.15, 0.2) is 28.8 Å². The van der Waals surface area contributed by atoms with E-state index in [9.17, 15) is 0 Å². The van der Waals surface area contributed by atoms with E-state index in [0.717, 1.165) is 31.5 Å². The Hall–Kier alpha value is -1.43. The molecule has 2 aromatic rings. The van der Waals surface area contributed by atoms with Crippen molar-refractivity contribution in [3.8, 4) is 11.5 Å². The molecule has 0 amide bonds. The first-order valence-corrected chi connectivity index (χ1v) is 7.55. The first-order chi connectivity index (χ1) is 10.3. The molecule has 0 radical (unpaired) electrons. The molecule has 0 spiro atoms. The number of benzene rings is 1. The van der Waals surface area contributed by atoms with Gasteiger partial charge in [0.15, 0.2) is 5.82 Å². The van der Waals surface area contributed by atoms with Crippen LogP contribution in [0, 0.1) is 5.92 Å². The molecule has 1 aromatic carbocycles. The Morgan fingerprint density at radius 2 is 2.24 bits per heavy atom. The van der Waals surface area contributed by atoms with E-state index in [4.69, 9.17) is 21.2 Å². The van der Waals surface area contributed by atoms with Gasteiger partial charge < -0.3 is 9.63 Å². The van der Waals surface area contributed by atoms with Gasteiger partial charge in [-0.05, 0) is 37.4 Å². The first kappa shape index (κ1) is 14.5. The second kappa shape index (κ2) is 6.56. The number of halogens is 1. The number of rotatable bonds is 5. The summed E-state index contributed by atoms with van der Waals surface area (Å²) >= 11 is 6.13. The predicted octanol–water partition coefficient (Wildman–Crippen LogP) is 2.59. The lowest BCUT2D eigenvalue weighted by molar-refractivity contribution is 0.247. The Kier molecular flexibility index (Phi) is 4.53. The number of aromatic nitrogens is 2. The summed E-state index contributed by atoms with van der Waals surface area (Å²) in [6, 6.07) is 7.44. The molecule has 6 heteroatoms. The van der Waals surface area contributed by atoms with Gasteiger partial charge in [-0.25, -0.2) is 0 Å². The third-order valence-corrected chi connectivity index (χ3v) is 4.17. The average Bonchev–Trinajstić information content (AvgIpc) is 3.10. The molecular formula is C15H18ClN3O2. The van der Waals surface area contributed by atoms with E-state index in [-0.39, 0.29) is 6.61 Å². The van der Waals surface area contributed by atoms with Gasteiger partial charge >= 0.3 is 0 Å². The van der Waals surface area contributed by atoms with Gasteiger partial charge in [-0.15, -0.1) is 0 Å². The summed E-state index contributed by atoms with van der Waals surface area (Å²) in [5.74, 6) is 1.71. The lowest BCUT2D eigenvalue weighted by Crippen LogP contribution is -2.21. The minimum atomic E-state index is 0.261. The van der Waals surface area contributed by atoms with E-state index in [1.807, 2.05) is 18.2 Å². The zero-order valence-corrected chi connectivity index (χ0v) is 12.5. The molecule has 0 saturated carbocycles. The highest BCUT2D eigenvalue weighted by atomic mass is 35.5. The number of aliphatic hydroxyl groups excluding tert-OH is 1. The molecule has 1 aromatic heterocycles. The van der Waals surface area contributed by atoms with Crippen LogP contribution in [0.1, 0.15) is 18.7 Å². The quantitative estimate of drug-likeness (QED) is 0.920. The fraction of sp³-hybridized carbons (Fsp3) is 0.467. The van der Waals surface area contributed by atoms with E-state index in [0.29, 0.717) is 29.2 Å². The Bertz CT molecular complexity index is 602. The van der Waals surface area contributed by atoms with Crippen LogP contribution in [-0.4, -0.2) is 39.8 Å². The molecule has 5 nitrogen and oxygen atoms in total. The number of nitrogens with zero attached hydrogens (tertiary/aromatic N) is 3. The van der Waals surface area contributed by atoms with Gasteiger partial charge in [0, 0.05) is 13.2 Å². The fourth-order valence-electron chi connectivity index (χ4n) is 2.74. The molecule has 21 heavy (non-hydrogen) atoms. The zero-order valence-electron chi connectivity index (χ0n) is 11.7. The maximum Gasteiger partial charge on any atom is 0.259 e. The number of hydrogen-bond acceptors (Lipinski definition) is 5. The molecule has 2 heterocycles. The van der Waals surface area contributed by atoms with Crippen molar-refractivity contribution in [3.63, 3.8) is 0 Å². The molecule has 1 N–H and O–H groups in total. The standard InChI is InChI=1S/C15H18ClN3O2/c16-13-4-2-1-3-12(13)15-17-14(18-21-15)10-19-7-5-11(9-19)6-8-20/h1-4,11,20H,5-10H2. The van der Waals surface area contributed by atoms with Crippen LogP contribution < -0.4 is 0 Å². The monoisotopic (exact) mass is 307 g/mol. The van der Waals surface area contributed by atoms with Gasteiger partial charge in [0.25, 0.3) is 5.89 Å². The molecule has 112 valence electrons. The number of aliphatic hydroxyl groups is 1. The molecule has 1 saturated heterocycles. The van der Waals surface area contributed by atoms with Gasteiger partial charge in [-0.1, -0.05) is 28.9 Å². The van der Waals surface area contributed by atoms with Gasteiger partial charge in [0.2, 0.25) is 0 Å². The molecule has 1 atom stereocenters. The normalized spacial score (nSPS) is 19.2. The lowest BCUT2D eigenvalue weighted by atomic mass is 10.1. The second-order valence-electron chi connectivity index (χ2n) is 5.40. The van der Waals surface area contributed by atoms with Gasteiger partial charge in [-0.3, -0.25) is 4.90 Å². The Morgan fingerprint density at radius 1 is 1.38 bits per heavy atom. The average molecular weight is 308 g/mol. The Balaban J connectivity index is 1.65. The summed E-state index contributed by atoms with van der Waals surface area (Å²) in [5, 5.41) is 13.6. The third kappa shape index (κ3) is 3.43. The van der Waals surface area contributed by atoms with Crippen molar-refractivity contribution in [2.45, 2.75) is 19.4 Å². The fourth-order valence-corrected chi connectivity index (χ4v) is 2.95. The van der Waals surface area contributed by atoms with Gasteiger partial charge in [0.1, 0.15) is 0 Å². The summed E-state index contributed by atoms with van der Waals surface area (Å²) in [4.78, 5) is 6.72. The zero-order chi connectivity index (χ0) is 14.7. The molecule has 0 bridgehead atoms. The number of likely N-dealkylation sites (tertiary alicyclic amines) is 1. The summed E-state index contributed by atoms with van der Waals surface area (Å²) in [5.41, 5.74) is 0.762. The van der Waals surface area contributed by atoms with E-state index in [1.54, 1.807) is 6.07 Å². The predicted molar refractivity (Wildman–Crippen MR) is 79.8 cm³/mol. The maximum atomic E-state index is 8.99. The maximum absolute atomic E-state index is 8.99. The SMILES string of the molecule is OCCC1CCN(Cc2noc(-c3ccccc3Cl)n2)C1. The van der Waals surface area contributed by atoms with Crippen molar-refractivity contribution in [3.05, 3.63) is 35.1 Å². The summed E-state index contributed by atoms with van der Waals surface area (Å²) in [6.45, 7) is 2.93. The van der Waals surface area contributed by atoms with Crippen LogP contribution in [0.25, 0.3) is 11.5 Å². The molecule has 3 rings (SSSR count).